The van der Waals surface area contributed by atoms with Crippen molar-refractivity contribution in [3.63, 3.8) is 0 Å². The lowest BCUT2D eigenvalue weighted by atomic mass is 10.0. The summed E-state index contributed by atoms with van der Waals surface area (Å²) in [4.78, 5) is 14.1. The Kier molecular flexibility index (Phi) is 4.50. The molecule has 1 aromatic rings. The number of methoxy groups -OCH3 is 1. The molecule has 1 aliphatic rings. The fourth-order valence-corrected chi connectivity index (χ4v) is 2.94. The van der Waals surface area contributed by atoms with Crippen LogP contribution in [-0.4, -0.2) is 45.5 Å². The zero-order valence-electron chi connectivity index (χ0n) is 11.8. The summed E-state index contributed by atoms with van der Waals surface area (Å²) in [7, 11) is -2.45. The first kappa shape index (κ1) is 15.7. The van der Waals surface area contributed by atoms with E-state index in [0.29, 0.717) is 18.8 Å². The van der Waals surface area contributed by atoms with Crippen molar-refractivity contribution in [3.05, 3.63) is 23.8 Å². The van der Waals surface area contributed by atoms with Gasteiger partial charge in [0.2, 0.25) is 10.0 Å². The molecule has 1 heterocycles. The Hall–Kier alpha value is -1.64. The second-order valence-corrected chi connectivity index (χ2v) is 6.62. The number of nitrogens with zero attached hydrogens (tertiary/aromatic N) is 1. The zero-order chi connectivity index (χ0) is 15.6. The lowest BCUT2D eigenvalue weighted by Gasteiger charge is -2.31. The number of ether oxygens (including phenoxy) is 1. The third-order valence-electron chi connectivity index (χ3n) is 3.47. The Morgan fingerprint density at radius 2 is 2.14 bits per heavy atom. The summed E-state index contributed by atoms with van der Waals surface area (Å²) in [5, 5.41) is 5.10. The van der Waals surface area contributed by atoms with Crippen LogP contribution in [0.5, 0.6) is 5.75 Å². The lowest BCUT2D eigenvalue weighted by molar-refractivity contribution is 0.0705. The van der Waals surface area contributed by atoms with Crippen molar-refractivity contribution in [1.29, 1.82) is 0 Å². The maximum atomic E-state index is 12.6. The smallest absolute Gasteiger partial charge is 0.257 e. The molecule has 0 saturated carbocycles. The van der Waals surface area contributed by atoms with Gasteiger partial charge in [-0.2, -0.15) is 0 Å². The van der Waals surface area contributed by atoms with Crippen LogP contribution in [0.25, 0.3) is 0 Å². The molecule has 0 spiro atoms. The molecule has 2 rings (SSSR count). The van der Waals surface area contributed by atoms with Crippen LogP contribution in [0.4, 0.5) is 0 Å². The van der Waals surface area contributed by atoms with Gasteiger partial charge in [-0.15, -0.1) is 0 Å². The van der Waals surface area contributed by atoms with Gasteiger partial charge in [-0.05, 0) is 31.0 Å². The molecule has 116 valence electrons. The highest BCUT2D eigenvalue weighted by Crippen LogP contribution is 2.24. The first-order valence-electron chi connectivity index (χ1n) is 6.58. The van der Waals surface area contributed by atoms with Crippen LogP contribution in [-0.2, 0) is 10.0 Å². The molecule has 1 saturated heterocycles. The number of benzene rings is 1. The van der Waals surface area contributed by atoms with Crippen molar-refractivity contribution in [2.75, 3.05) is 20.2 Å². The van der Waals surface area contributed by atoms with Crippen LogP contribution in [0, 0.1) is 0 Å². The van der Waals surface area contributed by atoms with Gasteiger partial charge in [0.15, 0.2) is 0 Å². The molecule has 1 unspecified atom stereocenters. The van der Waals surface area contributed by atoms with Crippen LogP contribution >= 0.6 is 0 Å². The summed E-state index contributed by atoms with van der Waals surface area (Å²) >= 11 is 0. The highest BCUT2D eigenvalue weighted by molar-refractivity contribution is 7.89. The van der Waals surface area contributed by atoms with Crippen molar-refractivity contribution in [2.24, 2.45) is 10.9 Å². The van der Waals surface area contributed by atoms with E-state index in [1.165, 1.54) is 25.3 Å². The molecule has 1 fully saturated rings. The first-order chi connectivity index (χ1) is 9.82. The van der Waals surface area contributed by atoms with E-state index < -0.39 is 10.0 Å². The van der Waals surface area contributed by atoms with Crippen LogP contribution in [0.3, 0.4) is 0 Å². The predicted octanol–water partition coefficient (Wildman–Crippen LogP) is -0.0941. The van der Waals surface area contributed by atoms with Crippen LogP contribution < -0.4 is 15.6 Å². The molecule has 4 N–H and O–H groups in total. The highest BCUT2D eigenvalue weighted by Gasteiger charge is 2.25. The van der Waals surface area contributed by atoms with Crippen molar-refractivity contribution in [2.45, 2.75) is 23.8 Å². The maximum Gasteiger partial charge on any atom is 0.257 e. The van der Waals surface area contributed by atoms with Gasteiger partial charge in [0.1, 0.15) is 5.75 Å². The Bertz CT molecular complexity index is 645. The van der Waals surface area contributed by atoms with E-state index in [2.05, 4.69) is 0 Å². The lowest BCUT2D eigenvalue weighted by Crippen LogP contribution is -2.45. The molecule has 0 aromatic heterocycles. The molecule has 0 aliphatic carbocycles. The van der Waals surface area contributed by atoms with Crippen LogP contribution in [0.1, 0.15) is 23.2 Å². The molecular formula is C13H19N3O4S. The van der Waals surface area contributed by atoms with E-state index >= 15 is 0 Å². The van der Waals surface area contributed by atoms with E-state index in [4.69, 9.17) is 15.6 Å². The largest absolute Gasteiger partial charge is 0.496 e. The van der Waals surface area contributed by atoms with Crippen LogP contribution in [0.15, 0.2) is 23.1 Å². The first-order valence-corrected chi connectivity index (χ1v) is 8.13. The van der Waals surface area contributed by atoms with Gasteiger partial charge in [0.05, 0.1) is 17.6 Å². The normalized spacial score (nSPS) is 19.4. The topological polar surface area (TPSA) is 116 Å². The number of sulfonamides is 1. The Labute approximate surface area is 123 Å². The van der Waals surface area contributed by atoms with Gasteiger partial charge in [-0.25, -0.2) is 13.6 Å². The number of likely N-dealkylation sites (tertiary alicyclic amines) is 1. The molecule has 1 atom stereocenters. The standard InChI is InChI=1S/C13H19N3O4S/c1-20-12-5-4-10(21(15,18)19)7-11(12)13(17)16-6-2-3-9(14)8-16/h4-5,7,9H,2-3,6,8,14H2,1H3,(H2,15,18,19). The highest BCUT2D eigenvalue weighted by atomic mass is 32.2. The third-order valence-corrected chi connectivity index (χ3v) is 4.39. The average Bonchev–Trinajstić information content (AvgIpc) is 2.44. The Balaban J connectivity index is 2.38. The summed E-state index contributed by atoms with van der Waals surface area (Å²) in [5.74, 6) is 0.0130. The summed E-state index contributed by atoms with van der Waals surface area (Å²) in [6, 6.07) is 3.93. The fourth-order valence-electron chi connectivity index (χ4n) is 2.40. The minimum absolute atomic E-state index is 0.0601. The number of nitrogens with two attached hydrogens (primary N) is 2. The van der Waals surface area contributed by atoms with E-state index in [9.17, 15) is 13.2 Å². The number of carbonyl (C=O) groups is 1. The number of hydrogen-bond acceptors (Lipinski definition) is 5. The Morgan fingerprint density at radius 1 is 1.43 bits per heavy atom. The van der Waals surface area contributed by atoms with E-state index in [1.54, 1.807) is 4.90 Å². The van der Waals surface area contributed by atoms with Gasteiger partial charge in [-0.1, -0.05) is 0 Å². The van der Waals surface area contributed by atoms with Crippen molar-refractivity contribution in [1.82, 2.24) is 4.90 Å². The van der Waals surface area contributed by atoms with E-state index in [-0.39, 0.29) is 22.4 Å². The number of carbonyl (C=O) groups excluding carboxylic acids is 1. The second kappa shape index (κ2) is 6.00. The summed E-state index contributed by atoms with van der Waals surface area (Å²) in [6.07, 6.45) is 1.70. The number of hydrogen-bond donors (Lipinski definition) is 2. The maximum absolute atomic E-state index is 12.6. The number of piperidine rings is 1. The van der Waals surface area contributed by atoms with Crippen molar-refractivity contribution < 1.29 is 17.9 Å². The minimum atomic E-state index is -3.88. The predicted molar refractivity (Wildman–Crippen MR) is 77.5 cm³/mol. The molecule has 7 nitrogen and oxygen atoms in total. The Morgan fingerprint density at radius 3 is 2.71 bits per heavy atom. The van der Waals surface area contributed by atoms with Gasteiger partial charge < -0.3 is 15.4 Å². The molecule has 0 radical (unpaired) electrons. The number of amides is 1. The van der Waals surface area contributed by atoms with Crippen molar-refractivity contribution >= 4 is 15.9 Å². The molecule has 8 heteroatoms. The van der Waals surface area contributed by atoms with E-state index in [1.807, 2.05) is 0 Å². The minimum Gasteiger partial charge on any atom is -0.496 e. The molecular weight excluding hydrogens is 294 g/mol. The van der Waals surface area contributed by atoms with Gasteiger partial charge in [0.25, 0.3) is 5.91 Å². The molecule has 1 amide bonds. The average molecular weight is 313 g/mol. The van der Waals surface area contributed by atoms with Gasteiger partial charge in [0, 0.05) is 19.1 Å². The third kappa shape index (κ3) is 3.52. The summed E-state index contributed by atoms with van der Waals surface area (Å²) < 4.78 is 28.0. The molecule has 1 aromatic carbocycles. The number of primary sulfonamides is 1. The molecule has 1 aliphatic heterocycles. The molecule has 0 bridgehead atoms. The van der Waals surface area contributed by atoms with Gasteiger partial charge in [-0.3, -0.25) is 4.79 Å². The summed E-state index contributed by atoms with van der Waals surface area (Å²) in [6.45, 7) is 1.04. The summed E-state index contributed by atoms with van der Waals surface area (Å²) in [5.41, 5.74) is 6.05. The van der Waals surface area contributed by atoms with Crippen LogP contribution in [0.2, 0.25) is 0 Å². The molecule has 21 heavy (non-hydrogen) atoms. The SMILES string of the molecule is COc1ccc(S(N)(=O)=O)cc1C(=O)N1CCCC(N)C1. The van der Waals surface area contributed by atoms with Gasteiger partial charge >= 0.3 is 0 Å². The van der Waals surface area contributed by atoms with Crippen molar-refractivity contribution in [3.8, 4) is 5.75 Å². The zero-order valence-corrected chi connectivity index (χ0v) is 12.6. The van der Waals surface area contributed by atoms with E-state index in [0.717, 1.165) is 12.8 Å². The monoisotopic (exact) mass is 313 g/mol. The quantitative estimate of drug-likeness (QED) is 0.809. The fraction of sp³-hybridized carbons (Fsp3) is 0.462. The second-order valence-electron chi connectivity index (χ2n) is 5.06. The number of rotatable bonds is 3.